The van der Waals surface area contributed by atoms with Crippen LogP contribution in [0.1, 0.15) is 27.2 Å². The third kappa shape index (κ3) is 1.87. The van der Waals surface area contributed by atoms with Crippen molar-refractivity contribution in [2.45, 2.75) is 33.2 Å². The second-order valence-electron chi connectivity index (χ2n) is 4.99. The van der Waals surface area contributed by atoms with Crippen molar-refractivity contribution < 1.29 is 0 Å². The second-order valence-corrected chi connectivity index (χ2v) is 4.99. The van der Waals surface area contributed by atoms with E-state index in [1.165, 1.54) is 5.71 Å². The van der Waals surface area contributed by atoms with Crippen LogP contribution >= 0.6 is 0 Å². The summed E-state index contributed by atoms with van der Waals surface area (Å²) in [6, 6.07) is 0.0884. The van der Waals surface area contributed by atoms with Gasteiger partial charge in [0.25, 0.3) is 0 Å². The first-order chi connectivity index (χ1) is 6.98. The molecule has 2 N–H and O–H groups in total. The van der Waals surface area contributed by atoms with E-state index < -0.39 is 0 Å². The standard InChI is InChI=1S/C12H17N3/c1-12(2,3)10-5-4-8-9(15-10)6-7-14-11(8)13/h4,6-7,9H,5H2,1-3H3,(H2,13,14). The highest BCUT2D eigenvalue weighted by Crippen LogP contribution is 2.27. The van der Waals surface area contributed by atoms with Gasteiger partial charge in [-0.1, -0.05) is 26.8 Å². The van der Waals surface area contributed by atoms with E-state index in [2.05, 4.69) is 31.8 Å². The van der Waals surface area contributed by atoms with E-state index >= 15 is 0 Å². The van der Waals surface area contributed by atoms with Gasteiger partial charge in [-0.25, -0.2) is 4.99 Å². The number of fused-ring (bicyclic) bond motifs is 1. The molecule has 0 aromatic rings. The van der Waals surface area contributed by atoms with Crippen molar-refractivity contribution in [3.05, 3.63) is 23.9 Å². The van der Waals surface area contributed by atoms with Crippen LogP contribution < -0.4 is 5.73 Å². The molecule has 0 saturated heterocycles. The van der Waals surface area contributed by atoms with Gasteiger partial charge in [-0.3, -0.25) is 4.99 Å². The Hall–Kier alpha value is -1.38. The molecule has 0 aromatic heterocycles. The van der Waals surface area contributed by atoms with Gasteiger partial charge in [-0.15, -0.1) is 0 Å². The summed E-state index contributed by atoms with van der Waals surface area (Å²) in [6.45, 7) is 6.57. The zero-order chi connectivity index (χ0) is 11.1. The first-order valence-corrected chi connectivity index (χ1v) is 5.26. The first kappa shape index (κ1) is 10.1. The Labute approximate surface area is 90.5 Å². The molecule has 3 heteroatoms. The third-order valence-corrected chi connectivity index (χ3v) is 2.77. The third-order valence-electron chi connectivity index (χ3n) is 2.77. The summed E-state index contributed by atoms with van der Waals surface area (Å²) in [5.41, 5.74) is 8.24. The number of hydrogen-bond donors (Lipinski definition) is 1. The largest absolute Gasteiger partial charge is 0.383 e. The van der Waals surface area contributed by atoms with E-state index in [-0.39, 0.29) is 11.5 Å². The van der Waals surface area contributed by atoms with Crippen molar-refractivity contribution in [1.82, 2.24) is 0 Å². The molecule has 0 aliphatic carbocycles. The minimum atomic E-state index is 0.0884. The smallest absolute Gasteiger partial charge is 0.128 e. The second kappa shape index (κ2) is 3.33. The predicted molar refractivity (Wildman–Crippen MR) is 64.1 cm³/mol. The number of dihydropyridines is 1. The van der Waals surface area contributed by atoms with E-state index in [9.17, 15) is 0 Å². The Morgan fingerprint density at radius 2 is 2.13 bits per heavy atom. The molecular weight excluding hydrogens is 186 g/mol. The molecular formula is C12H17N3. The van der Waals surface area contributed by atoms with Crippen molar-refractivity contribution in [1.29, 1.82) is 0 Å². The molecule has 2 aliphatic rings. The van der Waals surface area contributed by atoms with Crippen LogP contribution in [0.4, 0.5) is 0 Å². The maximum absolute atomic E-state index is 5.81. The first-order valence-electron chi connectivity index (χ1n) is 5.26. The van der Waals surface area contributed by atoms with Gasteiger partial charge < -0.3 is 5.73 Å². The average molecular weight is 203 g/mol. The van der Waals surface area contributed by atoms with Gasteiger partial charge in [0.1, 0.15) is 5.84 Å². The molecule has 80 valence electrons. The maximum atomic E-state index is 5.81. The maximum Gasteiger partial charge on any atom is 0.128 e. The van der Waals surface area contributed by atoms with Crippen LogP contribution in [0, 0.1) is 5.41 Å². The lowest BCUT2D eigenvalue weighted by molar-refractivity contribution is 0.575. The fraction of sp³-hybridized carbons (Fsp3) is 0.500. The molecule has 0 saturated carbocycles. The number of aliphatic imine (C=N–C) groups is 2. The van der Waals surface area contributed by atoms with Gasteiger partial charge in [0, 0.05) is 29.3 Å². The zero-order valence-electron chi connectivity index (χ0n) is 9.49. The molecule has 1 atom stereocenters. The summed E-state index contributed by atoms with van der Waals surface area (Å²) in [4.78, 5) is 8.80. The number of nitrogens with two attached hydrogens (primary N) is 1. The molecule has 2 heterocycles. The lowest BCUT2D eigenvalue weighted by atomic mass is 9.84. The van der Waals surface area contributed by atoms with Gasteiger partial charge in [-0.2, -0.15) is 0 Å². The number of nitrogens with zero attached hydrogens (tertiary/aromatic N) is 2. The van der Waals surface area contributed by atoms with Gasteiger partial charge in [0.05, 0.1) is 6.04 Å². The quantitative estimate of drug-likeness (QED) is 0.643. The SMILES string of the molecule is CC(C)(C)C1=NC2C=CN=C(N)C2=CC1. The number of amidine groups is 1. The molecule has 0 aromatic carbocycles. The van der Waals surface area contributed by atoms with Crippen LogP contribution in [0.25, 0.3) is 0 Å². The van der Waals surface area contributed by atoms with Crippen LogP contribution in [-0.2, 0) is 0 Å². The van der Waals surface area contributed by atoms with Gasteiger partial charge in [-0.05, 0) is 6.08 Å². The highest BCUT2D eigenvalue weighted by Gasteiger charge is 2.26. The van der Waals surface area contributed by atoms with Gasteiger partial charge >= 0.3 is 0 Å². The van der Waals surface area contributed by atoms with Crippen molar-refractivity contribution in [3.63, 3.8) is 0 Å². The van der Waals surface area contributed by atoms with Crippen molar-refractivity contribution in [2.75, 3.05) is 0 Å². The molecule has 1 unspecified atom stereocenters. The minimum Gasteiger partial charge on any atom is -0.383 e. The number of hydrogen-bond acceptors (Lipinski definition) is 3. The fourth-order valence-corrected chi connectivity index (χ4v) is 1.80. The van der Waals surface area contributed by atoms with E-state index in [0.717, 1.165) is 12.0 Å². The Balaban J connectivity index is 2.30. The van der Waals surface area contributed by atoms with Crippen LogP contribution in [0.2, 0.25) is 0 Å². The summed E-state index contributed by atoms with van der Waals surface area (Å²) in [5.74, 6) is 0.610. The summed E-state index contributed by atoms with van der Waals surface area (Å²) in [5, 5.41) is 0. The van der Waals surface area contributed by atoms with Crippen LogP contribution in [0.3, 0.4) is 0 Å². The van der Waals surface area contributed by atoms with Crippen LogP contribution in [-0.4, -0.2) is 17.6 Å². The predicted octanol–water partition coefficient (Wildman–Crippen LogP) is 2.06. The lowest BCUT2D eigenvalue weighted by Crippen LogP contribution is -2.31. The van der Waals surface area contributed by atoms with Crippen LogP contribution in [0.5, 0.6) is 0 Å². The monoisotopic (exact) mass is 203 g/mol. The summed E-state index contributed by atoms with van der Waals surface area (Å²) >= 11 is 0. The zero-order valence-corrected chi connectivity index (χ0v) is 9.49. The molecule has 0 bridgehead atoms. The van der Waals surface area contributed by atoms with Crippen molar-refractivity contribution in [3.8, 4) is 0 Å². The average Bonchev–Trinajstić information content (AvgIpc) is 2.16. The molecule has 2 aliphatic heterocycles. The Morgan fingerprint density at radius 3 is 2.80 bits per heavy atom. The molecule has 2 rings (SSSR count). The van der Waals surface area contributed by atoms with Crippen LogP contribution in [0.15, 0.2) is 33.9 Å². The van der Waals surface area contributed by atoms with E-state index in [1.807, 2.05) is 6.08 Å². The van der Waals surface area contributed by atoms with Gasteiger partial charge in [0.15, 0.2) is 0 Å². The van der Waals surface area contributed by atoms with E-state index in [4.69, 9.17) is 10.7 Å². The number of allylic oxidation sites excluding steroid dienone is 1. The molecule has 15 heavy (non-hydrogen) atoms. The van der Waals surface area contributed by atoms with Crippen molar-refractivity contribution in [2.24, 2.45) is 21.1 Å². The Bertz CT molecular complexity index is 392. The Kier molecular flexibility index (Phi) is 2.25. The van der Waals surface area contributed by atoms with Gasteiger partial charge in [0.2, 0.25) is 0 Å². The molecule has 3 nitrogen and oxygen atoms in total. The summed E-state index contributed by atoms with van der Waals surface area (Å²) in [7, 11) is 0. The topological polar surface area (TPSA) is 50.7 Å². The van der Waals surface area contributed by atoms with Crippen molar-refractivity contribution >= 4 is 11.5 Å². The molecule has 0 radical (unpaired) electrons. The molecule has 0 amide bonds. The highest BCUT2D eigenvalue weighted by atomic mass is 14.9. The molecule has 0 spiro atoms. The molecule has 0 fully saturated rings. The van der Waals surface area contributed by atoms with E-state index in [1.54, 1.807) is 6.20 Å². The van der Waals surface area contributed by atoms with E-state index in [0.29, 0.717) is 5.84 Å². The normalized spacial score (nSPS) is 25.3. The lowest BCUT2D eigenvalue weighted by Gasteiger charge is -2.28. The Morgan fingerprint density at radius 1 is 1.40 bits per heavy atom. The fourth-order valence-electron chi connectivity index (χ4n) is 1.80. The minimum absolute atomic E-state index is 0.0884. The summed E-state index contributed by atoms with van der Waals surface area (Å²) < 4.78 is 0. The highest BCUT2D eigenvalue weighted by molar-refractivity contribution is 6.03. The number of rotatable bonds is 0. The summed E-state index contributed by atoms with van der Waals surface area (Å²) in [6.07, 6.45) is 6.78.